The highest BCUT2D eigenvalue weighted by Crippen LogP contribution is 2.38. The van der Waals surface area contributed by atoms with E-state index >= 15 is 0 Å². The van der Waals surface area contributed by atoms with Gasteiger partial charge in [0.25, 0.3) is 5.91 Å². The molecule has 4 nitrogen and oxygen atoms in total. The number of nitrogens with two attached hydrogens (primary N) is 1. The number of nitrogens with one attached hydrogen (secondary N) is 1. The number of H-pyrrole nitrogens is 1. The summed E-state index contributed by atoms with van der Waals surface area (Å²) in [7, 11) is 1.88. The van der Waals surface area contributed by atoms with E-state index in [1.54, 1.807) is 11.3 Å². The quantitative estimate of drug-likeness (QED) is 0.781. The standard InChI is InChI=1S/C21H31N3OS/c1-13(2)12-24(5)20(25)19-10-17-18(26-19)9-15(23-17)8-14-6-7-21(3,4)11-16(14)22/h9-10,13,23H,6-8,11-12,22H2,1-5H3. The number of aromatic amines is 1. The fraction of sp³-hybridized carbons (Fsp3) is 0.571. The van der Waals surface area contributed by atoms with Gasteiger partial charge >= 0.3 is 0 Å². The Bertz CT molecular complexity index is 809. The number of fused-ring (bicyclic) bond motifs is 1. The number of aromatic nitrogens is 1. The summed E-state index contributed by atoms with van der Waals surface area (Å²) in [6, 6.07) is 4.17. The molecular weight excluding hydrogens is 342 g/mol. The molecule has 2 aromatic rings. The van der Waals surface area contributed by atoms with E-state index in [0.29, 0.717) is 11.3 Å². The second-order valence-corrected chi connectivity index (χ2v) is 9.99. The molecule has 1 amide bonds. The third kappa shape index (κ3) is 4.14. The molecule has 2 heterocycles. The van der Waals surface area contributed by atoms with Crippen LogP contribution in [0.4, 0.5) is 0 Å². The van der Waals surface area contributed by atoms with E-state index in [9.17, 15) is 4.79 Å². The summed E-state index contributed by atoms with van der Waals surface area (Å²) >= 11 is 1.57. The molecule has 0 radical (unpaired) electrons. The first-order valence-electron chi connectivity index (χ1n) is 9.48. The van der Waals surface area contributed by atoms with Crippen molar-refractivity contribution in [1.29, 1.82) is 0 Å². The van der Waals surface area contributed by atoms with Crippen LogP contribution < -0.4 is 5.73 Å². The van der Waals surface area contributed by atoms with Gasteiger partial charge in [-0.15, -0.1) is 11.3 Å². The first kappa shape index (κ1) is 19.0. The van der Waals surface area contributed by atoms with E-state index in [-0.39, 0.29) is 5.91 Å². The zero-order chi connectivity index (χ0) is 19.1. The van der Waals surface area contributed by atoms with E-state index in [0.717, 1.165) is 46.6 Å². The topological polar surface area (TPSA) is 62.1 Å². The van der Waals surface area contributed by atoms with Gasteiger partial charge in [-0.1, -0.05) is 27.7 Å². The highest BCUT2D eigenvalue weighted by molar-refractivity contribution is 7.20. The van der Waals surface area contributed by atoms with Crippen molar-refractivity contribution in [2.45, 2.75) is 53.4 Å². The Morgan fingerprint density at radius 2 is 2.12 bits per heavy atom. The summed E-state index contributed by atoms with van der Waals surface area (Å²) in [5, 5.41) is 0. The molecule has 0 saturated heterocycles. The van der Waals surface area contributed by atoms with Crippen LogP contribution in [-0.2, 0) is 6.42 Å². The van der Waals surface area contributed by atoms with Gasteiger partial charge in [-0.05, 0) is 48.3 Å². The van der Waals surface area contributed by atoms with E-state index < -0.39 is 0 Å². The lowest BCUT2D eigenvalue weighted by Crippen LogP contribution is -2.29. The number of rotatable bonds is 5. The van der Waals surface area contributed by atoms with Gasteiger partial charge in [0.2, 0.25) is 0 Å². The molecule has 2 aromatic heterocycles. The maximum atomic E-state index is 12.6. The highest BCUT2D eigenvalue weighted by Gasteiger charge is 2.26. The van der Waals surface area contributed by atoms with E-state index in [1.807, 2.05) is 18.0 Å². The molecule has 5 heteroatoms. The van der Waals surface area contributed by atoms with Crippen LogP contribution in [0.2, 0.25) is 0 Å². The predicted molar refractivity (Wildman–Crippen MR) is 111 cm³/mol. The monoisotopic (exact) mass is 373 g/mol. The smallest absolute Gasteiger partial charge is 0.263 e. The zero-order valence-corrected chi connectivity index (χ0v) is 17.4. The van der Waals surface area contributed by atoms with Crippen molar-refractivity contribution in [3.8, 4) is 0 Å². The van der Waals surface area contributed by atoms with Crippen LogP contribution in [0, 0.1) is 11.3 Å². The Morgan fingerprint density at radius 1 is 1.38 bits per heavy atom. The molecule has 3 rings (SSSR count). The largest absolute Gasteiger partial charge is 0.402 e. The molecule has 142 valence electrons. The highest BCUT2D eigenvalue weighted by atomic mass is 32.1. The number of carbonyl (C=O) groups is 1. The second-order valence-electron chi connectivity index (χ2n) is 8.91. The number of hydrogen-bond donors (Lipinski definition) is 2. The summed E-state index contributed by atoms with van der Waals surface area (Å²) in [5.74, 6) is 0.580. The molecule has 3 N–H and O–H groups in total. The van der Waals surface area contributed by atoms with Crippen LogP contribution in [-0.4, -0.2) is 29.4 Å². The van der Waals surface area contributed by atoms with E-state index in [4.69, 9.17) is 5.73 Å². The SMILES string of the molecule is CC(C)CN(C)C(=O)c1cc2[nH]c(CC3=C(N)CC(C)(C)CC3)cc2s1. The summed E-state index contributed by atoms with van der Waals surface area (Å²) in [6.45, 7) is 9.61. The van der Waals surface area contributed by atoms with Gasteiger partial charge in [0.05, 0.1) is 15.1 Å². The van der Waals surface area contributed by atoms with Crippen molar-refractivity contribution >= 4 is 27.5 Å². The van der Waals surface area contributed by atoms with Gasteiger partial charge in [-0.2, -0.15) is 0 Å². The molecule has 0 saturated carbocycles. The predicted octanol–water partition coefficient (Wildman–Crippen LogP) is 4.92. The van der Waals surface area contributed by atoms with E-state index in [2.05, 4.69) is 38.7 Å². The molecule has 1 aliphatic rings. The fourth-order valence-corrected chi connectivity index (χ4v) is 4.89. The Balaban J connectivity index is 1.74. The van der Waals surface area contributed by atoms with Crippen molar-refractivity contribution < 1.29 is 4.79 Å². The second kappa shape index (κ2) is 7.10. The van der Waals surface area contributed by atoms with Crippen LogP contribution in [0.3, 0.4) is 0 Å². The van der Waals surface area contributed by atoms with Crippen LogP contribution in [0.1, 0.15) is 62.3 Å². The molecule has 0 spiro atoms. The van der Waals surface area contributed by atoms with Crippen molar-refractivity contribution in [3.63, 3.8) is 0 Å². The Kier molecular flexibility index (Phi) is 5.20. The minimum absolute atomic E-state index is 0.108. The Morgan fingerprint density at radius 3 is 2.73 bits per heavy atom. The summed E-state index contributed by atoms with van der Waals surface area (Å²) in [6.07, 6.45) is 4.15. The number of carbonyl (C=O) groups excluding carboxylic acids is 1. The number of amides is 1. The lowest BCUT2D eigenvalue weighted by atomic mass is 9.76. The molecule has 0 aromatic carbocycles. The lowest BCUT2D eigenvalue weighted by Gasteiger charge is -2.31. The minimum atomic E-state index is 0.108. The summed E-state index contributed by atoms with van der Waals surface area (Å²) < 4.78 is 1.15. The minimum Gasteiger partial charge on any atom is -0.402 e. The van der Waals surface area contributed by atoms with Crippen LogP contribution >= 0.6 is 11.3 Å². The first-order valence-corrected chi connectivity index (χ1v) is 10.3. The van der Waals surface area contributed by atoms with Crippen LogP contribution in [0.15, 0.2) is 23.4 Å². The summed E-state index contributed by atoms with van der Waals surface area (Å²) in [4.78, 5) is 18.7. The number of thiophene rings is 1. The zero-order valence-electron chi connectivity index (χ0n) is 16.6. The van der Waals surface area contributed by atoms with Crippen LogP contribution in [0.5, 0.6) is 0 Å². The van der Waals surface area contributed by atoms with Gasteiger partial charge < -0.3 is 15.6 Å². The normalized spacial score (nSPS) is 17.3. The molecule has 1 aliphatic carbocycles. The maximum Gasteiger partial charge on any atom is 0.263 e. The van der Waals surface area contributed by atoms with Gasteiger partial charge in [-0.25, -0.2) is 0 Å². The van der Waals surface area contributed by atoms with E-state index in [1.165, 1.54) is 17.7 Å². The molecule has 0 fully saturated rings. The molecule has 0 unspecified atom stereocenters. The number of nitrogens with zero attached hydrogens (tertiary/aromatic N) is 1. The van der Waals surface area contributed by atoms with Gasteiger partial charge in [0.15, 0.2) is 0 Å². The Hall–Kier alpha value is -1.75. The van der Waals surface area contributed by atoms with Gasteiger partial charge in [0.1, 0.15) is 0 Å². The molecular formula is C21H31N3OS. The third-order valence-corrected chi connectivity index (χ3v) is 6.26. The average molecular weight is 374 g/mol. The molecule has 26 heavy (non-hydrogen) atoms. The fourth-order valence-electron chi connectivity index (χ4n) is 3.81. The first-order chi connectivity index (χ1) is 12.1. The van der Waals surface area contributed by atoms with Crippen LogP contribution in [0.25, 0.3) is 10.2 Å². The molecule has 0 aliphatic heterocycles. The van der Waals surface area contributed by atoms with Crippen molar-refractivity contribution in [2.75, 3.05) is 13.6 Å². The molecule has 0 bridgehead atoms. The Labute approximate surface area is 160 Å². The number of hydrogen-bond acceptors (Lipinski definition) is 3. The van der Waals surface area contributed by atoms with Crippen molar-refractivity contribution in [1.82, 2.24) is 9.88 Å². The van der Waals surface area contributed by atoms with Crippen molar-refractivity contribution in [2.24, 2.45) is 17.1 Å². The lowest BCUT2D eigenvalue weighted by molar-refractivity contribution is 0.0784. The summed E-state index contributed by atoms with van der Waals surface area (Å²) in [5.41, 5.74) is 11.3. The average Bonchev–Trinajstić information content (AvgIpc) is 3.06. The van der Waals surface area contributed by atoms with Crippen molar-refractivity contribution in [3.05, 3.63) is 34.0 Å². The number of allylic oxidation sites excluding steroid dienone is 2. The molecule has 0 atom stereocenters. The van der Waals surface area contributed by atoms with Gasteiger partial charge in [-0.3, -0.25) is 4.79 Å². The van der Waals surface area contributed by atoms with Gasteiger partial charge in [0, 0.05) is 31.4 Å². The maximum absolute atomic E-state index is 12.6. The third-order valence-electron chi connectivity index (χ3n) is 5.19.